The van der Waals surface area contributed by atoms with Crippen molar-refractivity contribution < 1.29 is 4.79 Å². The maximum atomic E-state index is 11.5. The molecule has 0 bridgehead atoms. The zero-order chi connectivity index (χ0) is 13.0. The van der Waals surface area contributed by atoms with Gasteiger partial charge in [-0.15, -0.1) is 0 Å². The summed E-state index contributed by atoms with van der Waals surface area (Å²) in [6, 6.07) is 9.18. The van der Waals surface area contributed by atoms with Gasteiger partial charge < -0.3 is 10.6 Å². The van der Waals surface area contributed by atoms with Crippen LogP contribution in [0.5, 0.6) is 0 Å². The zero-order valence-corrected chi connectivity index (χ0v) is 9.73. The average molecular weight is 240 g/mol. The summed E-state index contributed by atoms with van der Waals surface area (Å²) in [6.07, 6.45) is 2.06. The van der Waals surface area contributed by atoms with E-state index < -0.39 is 0 Å². The molecule has 1 aliphatic carbocycles. The number of hydrogen-bond donors (Lipinski definition) is 2. The van der Waals surface area contributed by atoms with E-state index in [9.17, 15) is 4.79 Å². The summed E-state index contributed by atoms with van der Waals surface area (Å²) in [4.78, 5) is 11.5. The van der Waals surface area contributed by atoms with E-state index in [1.807, 2.05) is 12.1 Å². The summed E-state index contributed by atoms with van der Waals surface area (Å²) in [7, 11) is 0. The van der Waals surface area contributed by atoms with Crippen molar-refractivity contribution >= 4 is 11.6 Å². The van der Waals surface area contributed by atoms with Crippen molar-refractivity contribution in [3.63, 3.8) is 0 Å². The van der Waals surface area contributed by atoms with Crippen molar-refractivity contribution in [3.05, 3.63) is 29.3 Å². The molecule has 18 heavy (non-hydrogen) atoms. The van der Waals surface area contributed by atoms with Gasteiger partial charge in [-0.25, -0.2) is 0 Å². The van der Waals surface area contributed by atoms with Crippen molar-refractivity contribution in [1.29, 1.82) is 10.5 Å². The van der Waals surface area contributed by atoms with Crippen molar-refractivity contribution in [2.24, 2.45) is 0 Å². The van der Waals surface area contributed by atoms with Crippen molar-refractivity contribution in [3.8, 4) is 12.1 Å². The number of carbonyl (C=O) groups is 1. The van der Waals surface area contributed by atoms with Gasteiger partial charge in [-0.05, 0) is 25.0 Å². The highest BCUT2D eigenvalue weighted by atomic mass is 16.2. The molecule has 1 amide bonds. The summed E-state index contributed by atoms with van der Waals surface area (Å²) < 4.78 is 0. The van der Waals surface area contributed by atoms with E-state index in [0.29, 0.717) is 22.9 Å². The molecule has 0 aliphatic heterocycles. The fraction of sp³-hybridized carbons (Fsp3) is 0.308. The highest BCUT2D eigenvalue weighted by molar-refractivity contribution is 5.82. The Balaban J connectivity index is 2.05. The molecule has 5 nitrogen and oxygen atoms in total. The molecular formula is C13H12N4O. The number of anilines is 1. The molecule has 1 saturated carbocycles. The first-order valence-corrected chi connectivity index (χ1v) is 5.71. The summed E-state index contributed by atoms with van der Waals surface area (Å²) in [6.45, 7) is 0.0733. The summed E-state index contributed by atoms with van der Waals surface area (Å²) in [5.74, 6) is -0.117. The second-order valence-corrected chi connectivity index (χ2v) is 4.15. The van der Waals surface area contributed by atoms with E-state index in [0.717, 1.165) is 12.8 Å². The van der Waals surface area contributed by atoms with E-state index in [2.05, 4.69) is 10.6 Å². The van der Waals surface area contributed by atoms with Crippen LogP contribution in [0.3, 0.4) is 0 Å². The van der Waals surface area contributed by atoms with Crippen LogP contribution in [0.4, 0.5) is 5.69 Å². The number of rotatable bonds is 4. The lowest BCUT2D eigenvalue weighted by atomic mass is 10.1. The van der Waals surface area contributed by atoms with Crippen LogP contribution in [-0.4, -0.2) is 18.5 Å². The van der Waals surface area contributed by atoms with Crippen LogP contribution >= 0.6 is 0 Å². The Kier molecular flexibility index (Phi) is 3.45. The van der Waals surface area contributed by atoms with Crippen LogP contribution < -0.4 is 10.6 Å². The molecule has 0 spiro atoms. The third-order valence-corrected chi connectivity index (χ3v) is 2.67. The molecule has 1 fully saturated rings. The predicted octanol–water partition coefficient (Wildman–Crippen LogP) is 1.12. The number of benzene rings is 1. The minimum atomic E-state index is -0.117. The number of nitrogens with zero attached hydrogens (tertiary/aromatic N) is 2. The summed E-state index contributed by atoms with van der Waals surface area (Å²) in [5, 5.41) is 23.6. The minimum Gasteiger partial charge on any atom is -0.374 e. The number of carbonyl (C=O) groups excluding carboxylic acids is 1. The Morgan fingerprint density at radius 2 is 1.89 bits per heavy atom. The van der Waals surface area contributed by atoms with Crippen LogP contribution in [0.1, 0.15) is 24.0 Å². The predicted molar refractivity (Wildman–Crippen MR) is 65.5 cm³/mol. The van der Waals surface area contributed by atoms with E-state index in [1.165, 1.54) is 0 Å². The smallest absolute Gasteiger partial charge is 0.239 e. The lowest BCUT2D eigenvalue weighted by Crippen LogP contribution is -2.31. The Morgan fingerprint density at radius 1 is 1.28 bits per heavy atom. The van der Waals surface area contributed by atoms with Crippen LogP contribution in [0.25, 0.3) is 0 Å². The fourth-order valence-corrected chi connectivity index (χ4v) is 1.60. The topological polar surface area (TPSA) is 88.7 Å². The number of hydrogen-bond acceptors (Lipinski definition) is 4. The van der Waals surface area contributed by atoms with Gasteiger partial charge in [0.05, 0.1) is 23.4 Å². The first-order chi connectivity index (χ1) is 8.74. The van der Waals surface area contributed by atoms with Gasteiger partial charge in [-0.3, -0.25) is 4.79 Å². The lowest BCUT2D eigenvalue weighted by Gasteiger charge is -2.09. The highest BCUT2D eigenvalue weighted by Gasteiger charge is 2.23. The van der Waals surface area contributed by atoms with Gasteiger partial charge >= 0.3 is 0 Å². The monoisotopic (exact) mass is 240 g/mol. The van der Waals surface area contributed by atoms with Crippen LogP contribution in [0, 0.1) is 22.7 Å². The van der Waals surface area contributed by atoms with Gasteiger partial charge in [0.1, 0.15) is 12.1 Å². The number of nitriles is 2. The SMILES string of the molecule is N#Cc1cccc(C#N)c1NCC(=O)NC1CC1. The largest absolute Gasteiger partial charge is 0.374 e. The van der Waals surface area contributed by atoms with E-state index in [4.69, 9.17) is 10.5 Å². The Labute approximate surface area is 105 Å². The number of para-hydroxylation sites is 1. The van der Waals surface area contributed by atoms with E-state index in [1.54, 1.807) is 18.2 Å². The fourth-order valence-electron chi connectivity index (χ4n) is 1.60. The van der Waals surface area contributed by atoms with Gasteiger partial charge in [0.25, 0.3) is 0 Å². The van der Waals surface area contributed by atoms with Crippen molar-refractivity contribution in [2.45, 2.75) is 18.9 Å². The zero-order valence-electron chi connectivity index (χ0n) is 9.73. The molecule has 0 radical (unpaired) electrons. The van der Waals surface area contributed by atoms with Crippen LogP contribution in [0.2, 0.25) is 0 Å². The molecule has 0 unspecified atom stereocenters. The third kappa shape index (κ3) is 2.78. The standard InChI is InChI=1S/C13H12N4O/c14-6-9-2-1-3-10(7-15)13(9)16-8-12(18)17-11-4-5-11/h1-3,11,16H,4-5,8H2,(H,17,18). The second-order valence-electron chi connectivity index (χ2n) is 4.15. The summed E-state index contributed by atoms with van der Waals surface area (Å²) >= 11 is 0. The molecule has 5 heteroatoms. The van der Waals surface area contributed by atoms with Crippen molar-refractivity contribution in [1.82, 2.24) is 5.32 Å². The molecule has 1 aromatic rings. The van der Waals surface area contributed by atoms with Gasteiger partial charge in [-0.2, -0.15) is 10.5 Å². The molecule has 2 rings (SSSR count). The average Bonchev–Trinajstić information content (AvgIpc) is 3.19. The van der Waals surface area contributed by atoms with Crippen molar-refractivity contribution in [2.75, 3.05) is 11.9 Å². The first-order valence-electron chi connectivity index (χ1n) is 5.71. The Hall–Kier alpha value is -2.53. The molecule has 0 aromatic heterocycles. The summed E-state index contributed by atoms with van der Waals surface area (Å²) in [5.41, 5.74) is 1.16. The van der Waals surface area contributed by atoms with Gasteiger partial charge in [0.15, 0.2) is 0 Å². The quantitative estimate of drug-likeness (QED) is 0.825. The molecule has 2 N–H and O–H groups in total. The van der Waals surface area contributed by atoms with Crippen LogP contribution in [0.15, 0.2) is 18.2 Å². The normalized spacial score (nSPS) is 13.2. The first kappa shape index (κ1) is 11.9. The third-order valence-electron chi connectivity index (χ3n) is 2.67. The second kappa shape index (κ2) is 5.20. The molecule has 0 heterocycles. The highest BCUT2D eigenvalue weighted by Crippen LogP contribution is 2.20. The van der Waals surface area contributed by atoms with E-state index in [-0.39, 0.29) is 12.5 Å². The molecule has 0 saturated heterocycles. The maximum absolute atomic E-state index is 11.5. The van der Waals surface area contributed by atoms with Crippen LogP contribution in [-0.2, 0) is 4.79 Å². The lowest BCUT2D eigenvalue weighted by molar-refractivity contribution is -0.119. The maximum Gasteiger partial charge on any atom is 0.239 e. The molecule has 1 aromatic carbocycles. The Bertz CT molecular complexity index is 517. The van der Waals surface area contributed by atoms with Gasteiger partial charge in [0.2, 0.25) is 5.91 Å². The molecular weight excluding hydrogens is 228 g/mol. The van der Waals surface area contributed by atoms with Gasteiger partial charge in [0, 0.05) is 6.04 Å². The molecule has 90 valence electrons. The number of amides is 1. The van der Waals surface area contributed by atoms with Gasteiger partial charge in [-0.1, -0.05) is 6.07 Å². The molecule has 0 atom stereocenters. The number of nitrogens with one attached hydrogen (secondary N) is 2. The molecule has 1 aliphatic rings. The Morgan fingerprint density at radius 3 is 2.39 bits per heavy atom. The minimum absolute atomic E-state index is 0.0733. The van der Waals surface area contributed by atoms with E-state index >= 15 is 0 Å².